The van der Waals surface area contributed by atoms with Gasteiger partial charge in [0.15, 0.2) is 0 Å². The van der Waals surface area contributed by atoms with Gasteiger partial charge in [0.25, 0.3) is 0 Å². The van der Waals surface area contributed by atoms with Crippen molar-refractivity contribution in [2.75, 3.05) is 6.61 Å². The van der Waals surface area contributed by atoms with E-state index in [1.165, 1.54) is 0 Å². The molecule has 108 valence electrons. The average molecular weight is 266 g/mol. The van der Waals surface area contributed by atoms with Crippen molar-refractivity contribution in [3.05, 3.63) is 17.3 Å². The Kier molecular flexibility index (Phi) is 4.63. The minimum Gasteiger partial charge on any atom is -0.444 e. The lowest BCUT2D eigenvalue weighted by molar-refractivity contribution is -0.0933. The third kappa shape index (κ3) is 3.37. The van der Waals surface area contributed by atoms with Crippen LogP contribution < -0.4 is 5.32 Å². The Bertz CT molecular complexity index is 391. The van der Waals surface area contributed by atoms with Gasteiger partial charge in [-0.2, -0.15) is 0 Å². The third-order valence-corrected chi connectivity index (χ3v) is 4.40. The van der Waals surface area contributed by atoms with E-state index in [0.717, 1.165) is 49.6 Å². The molecule has 1 N–H and O–H groups in total. The molecule has 2 heterocycles. The Hall–Kier alpha value is -0.870. The summed E-state index contributed by atoms with van der Waals surface area (Å²) in [6.07, 6.45) is 4.32. The standard InChI is InChI=1S/C15H26N2O2/c1-5-15(6-2)9-13(7-8-18-15)16-10-14-17-11(3)12(4)19-14/h13,16H,5-10H2,1-4H3. The van der Waals surface area contributed by atoms with Crippen molar-refractivity contribution in [3.63, 3.8) is 0 Å². The van der Waals surface area contributed by atoms with Crippen molar-refractivity contribution >= 4 is 0 Å². The van der Waals surface area contributed by atoms with E-state index in [0.29, 0.717) is 12.6 Å². The van der Waals surface area contributed by atoms with Crippen molar-refractivity contribution < 1.29 is 9.15 Å². The Balaban J connectivity index is 1.89. The first-order valence-electron chi connectivity index (χ1n) is 7.39. The molecule has 0 amide bonds. The number of hydrogen-bond acceptors (Lipinski definition) is 4. The molecule has 4 nitrogen and oxygen atoms in total. The first-order chi connectivity index (χ1) is 9.08. The first kappa shape index (κ1) is 14.5. The molecule has 1 atom stereocenters. The largest absolute Gasteiger partial charge is 0.444 e. The van der Waals surface area contributed by atoms with Crippen LogP contribution in [0.2, 0.25) is 0 Å². The molecule has 4 heteroatoms. The highest BCUT2D eigenvalue weighted by molar-refractivity contribution is 5.05. The summed E-state index contributed by atoms with van der Waals surface area (Å²) < 4.78 is 11.6. The minimum absolute atomic E-state index is 0.0678. The zero-order valence-electron chi connectivity index (χ0n) is 12.6. The van der Waals surface area contributed by atoms with Crippen molar-refractivity contribution in [3.8, 4) is 0 Å². The number of nitrogens with one attached hydrogen (secondary N) is 1. The zero-order chi connectivity index (χ0) is 13.9. The Labute approximate surface area is 115 Å². The molecule has 19 heavy (non-hydrogen) atoms. The van der Waals surface area contributed by atoms with Crippen LogP contribution in [0.4, 0.5) is 0 Å². The molecule has 2 rings (SSSR count). The molecule has 0 bridgehead atoms. The van der Waals surface area contributed by atoms with Crippen molar-refractivity contribution in [1.29, 1.82) is 0 Å². The van der Waals surface area contributed by atoms with Crippen LogP contribution in [0.25, 0.3) is 0 Å². The van der Waals surface area contributed by atoms with E-state index in [2.05, 4.69) is 24.1 Å². The molecule has 0 aromatic carbocycles. The van der Waals surface area contributed by atoms with Gasteiger partial charge in [-0.25, -0.2) is 4.98 Å². The monoisotopic (exact) mass is 266 g/mol. The second-order valence-corrected chi connectivity index (χ2v) is 5.56. The van der Waals surface area contributed by atoms with E-state index >= 15 is 0 Å². The predicted molar refractivity (Wildman–Crippen MR) is 75.1 cm³/mol. The summed E-state index contributed by atoms with van der Waals surface area (Å²) in [5.41, 5.74) is 1.05. The van der Waals surface area contributed by atoms with Gasteiger partial charge in [0.2, 0.25) is 5.89 Å². The van der Waals surface area contributed by atoms with Crippen LogP contribution in [0.15, 0.2) is 4.42 Å². The summed E-state index contributed by atoms with van der Waals surface area (Å²) in [5.74, 6) is 1.71. The molecule has 0 saturated carbocycles. The molecule has 1 aliphatic heterocycles. The van der Waals surface area contributed by atoms with E-state index in [1.54, 1.807) is 0 Å². The lowest BCUT2D eigenvalue weighted by atomic mass is 9.86. The molecular formula is C15H26N2O2. The maximum absolute atomic E-state index is 5.99. The van der Waals surface area contributed by atoms with Crippen LogP contribution in [0.1, 0.15) is 56.9 Å². The SMILES string of the molecule is CCC1(CC)CC(NCc2nc(C)c(C)o2)CCO1. The van der Waals surface area contributed by atoms with Crippen LogP contribution >= 0.6 is 0 Å². The number of nitrogens with zero attached hydrogens (tertiary/aromatic N) is 1. The molecule has 0 spiro atoms. The van der Waals surface area contributed by atoms with Gasteiger partial charge < -0.3 is 14.5 Å². The molecule has 1 saturated heterocycles. The van der Waals surface area contributed by atoms with E-state index in [9.17, 15) is 0 Å². The fraction of sp³-hybridized carbons (Fsp3) is 0.800. The quantitative estimate of drug-likeness (QED) is 0.889. The zero-order valence-corrected chi connectivity index (χ0v) is 12.6. The first-order valence-corrected chi connectivity index (χ1v) is 7.39. The number of ether oxygens (including phenoxy) is 1. The maximum Gasteiger partial charge on any atom is 0.208 e. The fourth-order valence-corrected chi connectivity index (χ4v) is 2.79. The minimum atomic E-state index is 0.0678. The highest BCUT2D eigenvalue weighted by atomic mass is 16.5. The molecule has 0 aliphatic carbocycles. The van der Waals surface area contributed by atoms with Gasteiger partial charge in [-0.15, -0.1) is 0 Å². The normalized spacial score (nSPS) is 22.6. The maximum atomic E-state index is 5.99. The Morgan fingerprint density at radius 2 is 2.05 bits per heavy atom. The fourth-order valence-electron chi connectivity index (χ4n) is 2.79. The summed E-state index contributed by atoms with van der Waals surface area (Å²) in [6.45, 7) is 9.93. The van der Waals surface area contributed by atoms with Crippen LogP contribution in [0.5, 0.6) is 0 Å². The average Bonchev–Trinajstić information content (AvgIpc) is 2.76. The van der Waals surface area contributed by atoms with Crippen LogP contribution in [0, 0.1) is 13.8 Å². The van der Waals surface area contributed by atoms with Gasteiger partial charge in [0.1, 0.15) is 5.76 Å². The molecule has 0 radical (unpaired) electrons. The second-order valence-electron chi connectivity index (χ2n) is 5.56. The molecular weight excluding hydrogens is 240 g/mol. The lowest BCUT2D eigenvalue weighted by Gasteiger charge is -2.40. The van der Waals surface area contributed by atoms with Gasteiger partial charge in [-0.3, -0.25) is 0 Å². The van der Waals surface area contributed by atoms with Crippen molar-refractivity contribution in [2.24, 2.45) is 0 Å². The molecule has 1 unspecified atom stereocenters. The van der Waals surface area contributed by atoms with E-state index in [-0.39, 0.29) is 5.60 Å². The van der Waals surface area contributed by atoms with E-state index in [1.807, 2.05) is 13.8 Å². The molecule has 1 aliphatic rings. The third-order valence-electron chi connectivity index (χ3n) is 4.40. The molecule has 1 fully saturated rings. The van der Waals surface area contributed by atoms with Crippen LogP contribution in [-0.4, -0.2) is 23.2 Å². The summed E-state index contributed by atoms with van der Waals surface area (Å²) in [6, 6.07) is 0.501. The van der Waals surface area contributed by atoms with Crippen molar-refractivity contribution in [2.45, 2.75) is 71.6 Å². The highest BCUT2D eigenvalue weighted by Crippen LogP contribution is 2.31. The smallest absolute Gasteiger partial charge is 0.208 e. The number of rotatable bonds is 5. The summed E-state index contributed by atoms with van der Waals surface area (Å²) in [5, 5.41) is 3.57. The van der Waals surface area contributed by atoms with Gasteiger partial charge in [-0.05, 0) is 39.5 Å². The van der Waals surface area contributed by atoms with E-state index < -0.39 is 0 Å². The summed E-state index contributed by atoms with van der Waals surface area (Å²) in [7, 11) is 0. The molecule has 1 aromatic rings. The number of aryl methyl sites for hydroxylation is 2. The van der Waals surface area contributed by atoms with Gasteiger partial charge in [0, 0.05) is 12.6 Å². The van der Waals surface area contributed by atoms with Crippen LogP contribution in [0.3, 0.4) is 0 Å². The highest BCUT2D eigenvalue weighted by Gasteiger charge is 2.34. The van der Waals surface area contributed by atoms with Gasteiger partial charge >= 0.3 is 0 Å². The van der Waals surface area contributed by atoms with Crippen molar-refractivity contribution in [1.82, 2.24) is 10.3 Å². The number of oxazole rings is 1. The predicted octanol–water partition coefficient (Wildman–Crippen LogP) is 3.12. The Morgan fingerprint density at radius 3 is 2.63 bits per heavy atom. The topological polar surface area (TPSA) is 47.3 Å². The molecule has 1 aromatic heterocycles. The second kappa shape index (κ2) is 6.06. The number of aromatic nitrogens is 1. The van der Waals surface area contributed by atoms with Gasteiger partial charge in [0.05, 0.1) is 17.8 Å². The Morgan fingerprint density at radius 1 is 1.32 bits per heavy atom. The summed E-state index contributed by atoms with van der Waals surface area (Å²) >= 11 is 0. The number of hydrogen-bond donors (Lipinski definition) is 1. The lowest BCUT2D eigenvalue weighted by Crippen LogP contribution is -2.46. The van der Waals surface area contributed by atoms with Crippen LogP contribution in [-0.2, 0) is 11.3 Å². The summed E-state index contributed by atoms with van der Waals surface area (Å²) in [4.78, 5) is 4.41. The van der Waals surface area contributed by atoms with E-state index in [4.69, 9.17) is 9.15 Å². The van der Waals surface area contributed by atoms with Gasteiger partial charge in [-0.1, -0.05) is 13.8 Å².